The third kappa shape index (κ3) is 21.0. The van der Waals surface area contributed by atoms with E-state index in [9.17, 15) is 29.1 Å². The first-order chi connectivity index (χ1) is 22.1. The van der Waals surface area contributed by atoms with Crippen molar-refractivity contribution in [3.8, 4) is 0 Å². The van der Waals surface area contributed by atoms with Crippen LogP contribution in [-0.2, 0) is 38.2 Å². The summed E-state index contributed by atoms with van der Waals surface area (Å²) in [6.45, 7) is 17.5. The topological polar surface area (TPSA) is 149 Å². The number of likely N-dealkylation sites (tertiary alicyclic amines) is 1. The van der Waals surface area contributed by atoms with Crippen LogP contribution in [-0.4, -0.2) is 103 Å². The molecule has 1 saturated heterocycles. The van der Waals surface area contributed by atoms with E-state index in [2.05, 4.69) is 26.1 Å². The van der Waals surface area contributed by atoms with Crippen LogP contribution < -0.4 is 5.32 Å². The van der Waals surface area contributed by atoms with Crippen molar-refractivity contribution in [1.82, 2.24) is 10.2 Å². The molecule has 1 saturated carbocycles. The van der Waals surface area contributed by atoms with E-state index in [1.165, 1.54) is 16.7 Å². The standard InChI is InChI=1S/C19H28N2O5S.C14H30O4.C2H6/c22-9-2-1-3-17(24)20-8-10-27-16-11-18(25)21(19(16)26)12-14-4-6-15(13-23)7-5-14;1-13(2,3)8-11(9-15)17-12(10-16-7)18-14(4,5)6;1-2/h9,13-16H,1-8,10-12H2,(H,20,24);11-12,15H,8-10H2,1-7H3;1-2H3. The number of carbonyl (C=O) groups excluding carboxylic acids is 5. The molecule has 2 N–H and O–H groups in total. The van der Waals surface area contributed by atoms with Crippen molar-refractivity contribution in [2.24, 2.45) is 17.3 Å². The maximum Gasteiger partial charge on any atom is 0.242 e. The fourth-order valence-electron chi connectivity index (χ4n) is 5.25. The molecule has 274 valence electrons. The minimum absolute atomic E-state index is 0.00894. The Kier molecular flexibility index (Phi) is 23.3. The maximum atomic E-state index is 12.5. The molecule has 47 heavy (non-hydrogen) atoms. The molecule has 11 nitrogen and oxygen atoms in total. The molecular formula is C35H64N2O9S. The maximum absolute atomic E-state index is 12.5. The van der Waals surface area contributed by atoms with Gasteiger partial charge in [0, 0.05) is 51.1 Å². The van der Waals surface area contributed by atoms with Gasteiger partial charge >= 0.3 is 0 Å². The lowest BCUT2D eigenvalue weighted by molar-refractivity contribution is -0.239. The fraction of sp³-hybridized carbons (Fsp3) is 0.857. The smallest absolute Gasteiger partial charge is 0.242 e. The number of carbonyl (C=O) groups is 5. The van der Waals surface area contributed by atoms with E-state index in [0.717, 1.165) is 44.7 Å². The molecule has 0 bridgehead atoms. The Bertz CT molecular complexity index is 912. The van der Waals surface area contributed by atoms with Crippen LogP contribution in [0.1, 0.15) is 113 Å². The van der Waals surface area contributed by atoms with Gasteiger partial charge in [-0.15, -0.1) is 11.8 Å². The van der Waals surface area contributed by atoms with Gasteiger partial charge in [0.15, 0.2) is 6.29 Å². The number of aliphatic hydroxyl groups is 1. The van der Waals surface area contributed by atoms with Gasteiger partial charge in [-0.1, -0.05) is 34.6 Å². The van der Waals surface area contributed by atoms with Crippen molar-refractivity contribution in [3.05, 3.63) is 0 Å². The van der Waals surface area contributed by atoms with Crippen molar-refractivity contribution >= 4 is 42.1 Å². The van der Waals surface area contributed by atoms with Crippen molar-refractivity contribution < 1.29 is 43.3 Å². The van der Waals surface area contributed by atoms with Crippen LogP contribution in [0, 0.1) is 17.3 Å². The minimum Gasteiger partial charge on any atom is -0.394 e. The van der Waals surface area contributed by atoms with E-state index in [4.69, 9.17) is 14.2 Å². The van der Waals surface area contributed by atoms with Gasteiger partial charge in [-0.05, 0) is 70.6 Å². The number of imide groups is 1. The van der Waals surface area contributed by atoms with Crippen LogP contribution >= 0.6 is 11.8 Å². The van der Waals surface area contributed by atoms with Crippen LogP contribution in [0.25, 0.3) is 0 Å². The molecule has 1 aliphatic heterocycles. The molecule has 3 amide bonds. The number of amides is 3. The molecule has 3 unspecified atom stereocenters. The lowest BCUT2D eigenvalue weighted by atomic mass is 9.82. The van der Waals surface area contributed by atoms with Gasteiger partial charge in [-0.25, -0.2) is 0 Å². The second-order valence-electron chi connectivity index (χ2n) is 14.1. The zero-order valence-electron chi connectivity index (χ0n) is 30.5. The summed E-state index contributed by atoms with van der Waals surface area (Å²) < 4.78 is 16.7. The molecule has 1 aliphatic carbocycles. The largest absolute Gasteiger partial charge is 0.394 e. The summed E-state index contributed by atoms with van der Waals surface area (Å²) in [5.74, 6) is 0.653. The van der Waals surface area contributed by atoms with Crippen molar-refractivity contribution in [1.29, 1.82) is 0 Å². The van der Waals surface area contributed by atoms with E-state index in [1.54, 1.807) is 7.11 Å². The average molecular weight is 689 g/mol. The Labute approximate surface area is 288 Å². The predicted octanol–water partition coefficient (Wildman–Crippen LogP) is 4.95. The number of hydrogen-bond acceptors (Lipinski definition) is 10. The number of nitrogens with zero attached hydrogens (tertiary/aromatic N) is 1. The number of ether oxygens (including phenoxy) is 3. The summed E-state index contributed by atoms with van der Waals surface area (Å²) in [6.07, 6.45) is 6.83. The summed E-state index contributed by atoms with van der Waals surface area (Å²) in [5, 5.41) is 11.8. The molecule has 12 heteroatoms. The average Bonchev–Trinajstić information content (AvgIpc) is 3.27. The Morgan fingerprint density at radius 3 is 2.23 bits per heavy atom. The molecule has 0 aromatic carbocycles. The number of hydrogen-bond donors (Lipinski definition) is 2. The molecule has 0 spiro atoms. The number of unbranched alkanes of at least 4 members (excludes halogenated alkanes) is 1. The van der Waals surface area contributed by atoms with Gasteiger partial charge in [0.05, 0.1) is 30.2 Å². The molecule has 2 fully saturated rings. The highest BCUT2D eigenvalue weighted by Crippen LogP contribution is 2.31. The van der Waals surface area contributed by atoms with E-state index in [1.807, 2.05) is 34.6 Å². The number of aldehydes is 2. The summed E-state index contributed by atoms with van der Waals surface area (Å²) in [6, 6.07) is 0. The first kappa shape index (κ1) is 45.1. The molecule has 0 aromatic rings. The minimum atomic E-state index is -0.450. The highest BCUT2D eigenvalue weighted by atomic mass is 32.2. The third-order valence-corrected chi connectivity index (χ3v) is 8.58. The summed E-state index contributed by atoms with van der Waals surface area (Å²) in [5.41, 5.74) is -0.197. The number of rotatable bonds is 18. The van der Waals surface area contributed by atoms with Crippen LogP contribution in [0.3, 0.4) is 0 Å². The van der Waals surface area contributed by atoms with Crippen molar-refractivity contribution in [2.75, 3.05) is 39.2 Å². The third-order valence-electron chi connectivity index (χ3n) is 7.37. The number of methoxy groups -OCH3 is 1. The molecular weight excluding hydrogens is 624 g/mol. The number of nitrogens with one attached hydrogen (secondary N) is 1. The van der Waals surface area contributed by atoms with Gasteiger partial charge in [0.1, 0.15) is 12.6 Å². The highest BCUT2D eigenvalue weighted by molar-refractivity contribution is 8.00. The molecule has 1 heterocycles. The van der Waals surface area contributed by atoms with E-state index < -0.39 is 6.29 Å². The fourth-order valence-corrected chi connectivity index (χ4v) is 6.29. The van der Waals surface area contributed by atoms with Crippen LogP contribution in [0.5, 0.6) is 0 Å². The zero-order valence-corrected chi connectivity index (χ0v) is 31.3. The molecule has 3 atom stereocenters. The summed E-state index contributed by atoms with van der Waals surface area (Å²) >= 11 is 1.41. The van der Waals surface area contributed by atoms with Crippen molar-refractivity contribution in [2.45, 2.75) is 136 Å². The van der Waals surface area contributed by atoms with Gasteiger partial charge in [0.2, 0.25) is 17.7 Å². The summed E-state index contributed by atoms with van der Waals surface area (Å²) in [7, 11) is 1.61. The molecule has 2 rings (SSSR count). The summed E-state index contributed by atoms with van der Waals surface area (Å²) in [4.78, 5) is 58.7. The first-order valence-corrected chi connectivity index (χ1v) is 18.2. The zero-order chi connectivity index (χ0) is 36.0. The first-order valence-electron chi connectivity index (χ1n) is 17.2. The van der Waals surface area contributed by atoms with Crippen LogP contribution in [0.15, 0.2) is 0 Å². The molecule has 0 aromatic heterocycles. The lowest BCUT2D eigenvalue weighted by Crippen LogP contribution is -2.37. The van der Waals surface area contributed by atoms with Gasteiger partial charge in [-0.3, -0.25) is 19.3 Å². The van der Waals surface area contributed by atoms with Crippen LogP contribution in [0.4, 0.5) is 0 Å². The van der Waals surface area contributed by atoms with Gasteiger partial charge < -0.3 is 34.2 Å². The Morgan fingerprint density at radius 2 is 1.72 bits per heavy atom. The second-order valence-corrected chi connectivity index (χ2v) is 15.4. The Balaban J connectivity index is 0.000000924. The quantitative estimate of drug-likeness (QED) is 0.0877. The van der Waals surface area contributed by atoms with E-state index in [0.29, 0.717) is 50.6 Å². The Morgan fingerprint density at radius 1 is 1.09 bits per heavy atom. The number of thioether (sulfide) groups is 1. The molecule has 0 radical (unpaired) electrons. The van der Waals surface area contributed by atoms with E-state index in [-0.39, 0.29) is 59.0 Å². The molecule has 2 aliphatic rings. The SMILES string of the molecule is CC.COCC(OC(CO)CC(C)(C)C)OC(C)(C)C.O=CCCCC(=O)NCCSC1CC(=O)N(CC2CCC(C=O)CC2)C1=O. The second kappa shape index (κ2) is 24.3. The monoisotopic (exact) mass is 688 g/mol. The van der Waals surface area contributed by atoms with Gasteiger partial charge in [0.25, 0.3) is 0 Å². The highest BCUT2D eigenvalue weighted by Gasteiger charge is 2.40. The predicted molar refractivity (Wildman–Crippen MR) is 186 cm³/mol. The Hall–Kier alpha value is -1.86. The number of aliphatic hydroxyl groups excluding tert-OH is 1. The lowest BCUT2D eigenvalue weighted by Gasteiger charge is -2.32. The van der Waals surface area contributed by atoms with Crippen molar-refractivity contribution in [3.63, 3.8) is 0 Å². The van der Waals surface area contributed by atoms with Gasteiger partial charge in [-0.2, -0.15) is 0 Å². The normalized spacial score (nSPS) is 21.1. The van der Waals surface area contributed by atoms with Crippen LogP contribution in [0.2, 0.25) is 0 Å². The van der Waals surface area contributed by atoms with E-state index >= 15 is 0 Å².